The van der Waals surface area contributed by atoms with Crippen molar-refractivity contribution in [3.8, 4) is 17.2 Å². The summed E-state index contributed by atoms with van der Waals surface area (Å²) in [5.41, 5.74) is 1.12. The molecule has 0 radical (unpaired) electrons. The van der Waals surface area contributed by atoms with Crippen LogP contribution in [0, 0.1) is 0 Å². The molecular weight excluding hydrogens is 494 g/mol. The summed E-state index contributed by atoms with van der Waals surface area (Å²) >= 11 is 0. The lowest BCUT2D eigenvalue weighted by Gasteiger charge is -2.27. The Hall–Kier alpha value is -3.48. The van der Waals surface area contributed by atoms with Crippen molar-refractivity contribution in [1.82, 2.24) is 4.90 Å². The molecule has 1 atom stereocenters. The van der Waals surface area contributed by atoms with E-state index in [1.807, 2.05) is 0 Å². The SMILES string of the molecule is CCCCCCCCCCCCN1C(=O)C(=O)C(=C(O)c2ccc(OC)cc2)[C@H]1c1ccc(OC)cc1OC. The van der Waals surface area contributed by atoms with Crippen LogP contribution in [-0.2, 0) is 9.59 Å². The fourth-order valence-corrected chi connectivity index (χ4v) is 5.15. The first kappa shape index (κ1) is 30.1. The third-order valence-corrected chi connectivity index (χ3v) is 7.39. The number of carbonyl (C=O) groups excluding carboxylic acids is 2. The van der Waals surface area contributed by atoms with Crippen LogP contribution >= 0.6 is 0 Å². The second-order valence-corrected chi connectivity index (χ2v) is 10.0. The summed E-state index contributed by atoms with van der Waals surface area (Å²) in [7, 11) is 4.66. The van der Waals surface area contributed by atoms with Gasteiger partial charge in [0, 0.05) is 23.7 Å². The molecule has 2 aromatic rings. The van der Waals surface area contributed by atoms with E-state index in [1.54, 1.807) is 61.6 Å². The molecular formula is C32H43NO6. The smallest absolute Gasteiger partial charge is 0.295 e. The number of ketones is 1. The number of hydrogen-bond acceptors (Lipinski definition) is 6. The topological polar surface area (TPSA) is 85.3 Å². The molecule has 1 aliphatic rings. The Morgan fingerprint density at radius 1 is 0.769 bits per heavy atom. The van der Waals surface area contributed by atoms with Crippen LogP contribution in [0.3, 0.4) is 0 Å². The molecule has 0 spiro atoms. The number of Topliss-reactive ketones (excluding diaryl/α,β-unsaturated/α-hetero) is 1. The molecule has 1 aliphatic heterocycles. The van der Waals surface area contributed by atoms with Gasteiger partial charge in [-0.25, -0.2) is 0 Å². The normalized spacial score (nSPS) is 16.5. The zero-order valence-electron chi connectivity index (χ0n) is 23.8. The summed E-state index contributed by atoms with van der Waals surface area (Å²) in [6, 6.07) is 11.3. The molecule has 212 valence electrons. The van der Waals surface area contributed by atoms with E-state index in [1.165, 1.54) is 52.1 Å². The summed E-state index contributed by atoms with van der Waals surface area (Å²) in [5.74, 6) is 0.181. The average Bonchev–Trinajstić information content (AvgIpc) is 3.22. The quantitative estimate of drug-likeness (QED) is 0.107. The Labute approximate surface area is 232 Å². The van der Waals surface area contributed by atoms with E-state index in [-0.39, 0.29) is 11.3 Å². The molecule has 0 unspecified atom stereocenters. The molecule has 7 heteroatoms. The molecule has 3 rings (SSSR count). The Bertz CT molecular complexity index is 1120. The van der Waals surface area contributed by atoms with Gasteiger partial charge in [0.2, 0.25) is 0 Å². The third kappa shape index (κ3) is 7.55. The predicted molar refractivity (Wildman–Crippen MR) is 153 cm³/mol. The molecule has 7 nitrogen and oxygen atoms in total. The van der Waals surface area contributed by atoms with Gasteiger partial charge in [-0.3, -0.25) is 9.59 Å². The molecule has 2 aromatic carbocycles. The Morgan fingerprint density at radius 3 is 1.90 bits per heavy atom. The first-order valence-electron chi connectivity index (χ1n) is 14.1. The van der Waals surface area contributed by atoms with Gasteiger partial charge in [-0.15, -0.1) is 0 Å². The number of hydrogen-bond donors (Lipinski definition) is 1. The highest BCUT2D eigenvalue weighted by Crippen LogP contribution is 2.44. The van der Waals surface area contributed by atoms with Crippen LogP contribution in [0.2, 0.25) is 0 Å². The monoisotopic (exact) mass is 537 g/mol. The lowest BCUT2D eigenvalue weighted by Crippen LogP contribution is -2.31. The van der Waals surface area contributed by atoms with E-state index in [2.05, 4.69) is 6.92 Å². The van der Waals surface area contributed by atoms with Gasteiger partial charge in [-0.2, -0.15) is 0 Å². The van der Waals surface area contributed by atoms with Crippen LogP contribution in [0.15, 0.2) is 48.0 Å². The number of aliphatic hydroxyl groups excluding tert-OH is 1. The van der Waals surface area contributed by atoms with Crippen molar-refractivity contribution in [3.63, 3.8) is 0 Å². The summed E-state index contributed by atoms with van der Waals surface area (Å²) < 4.78 is 16.2. The van der Waals surface area contributed by atoms with Crippen LogP contribution < -0.4 is 14.2 Å². The fourth-order valence-electron chi connectivity index (χ4n) is 5.15. The number of amides is 1. The van der Waals surface area contributed by atoms with Crippen LogP contribution in [0.5, 0.6) is 17.2 Å². The highest BCUT2D eigenvalue weighted by molar-refractivity contribution is 6.46. The fraction of sp³-hybridized carbons (Fsp3) is 0.500. The molecule has 0 aliphatic carbocycles. The van der Waals surface area contributed by atoms with E-state index in [4.69, 9.17) is 14.2 Å². The standard InChI is InChI=1S/C32H43NO6/c1-5-6-7-8-9-10-11-12-13-14-21-33-29(26-20-19-25(38-3)22-27(26)39-4)28(31(35)32(33)36)30(34)23-15-17-24(37-2)18-16-23/h15-20,22,29,34H,5-14,21H2,1-4H3/t29-/m1/s1. The molecule has 1 fully saturated rings. The molecule has 39 heavy (non-hydrogen) atoms. The van der Waals surface area contributed by atoms with Gasteiger partial charge in [0.05, 0.1) is 32.9 Å². The number of unbranched alkanes of at least 4 members (excludes halogenated alkanes) is 9. The lowest BCUT2D eigenvalue weighted by atomic mass is 9.94. The summed E-state index contributed by atoms with van der Waals surface area (Å²) in [6.07, 6.45) is 11.7. The summed E-state index contributed by atoms with van der Waals surface area (Å²) in [5, 5.41) is 11.3. The van der Waals surface area contributed by atoms with Crippen molar-refractivity contribution in [3.05, 3.63) is 59.2 Å². The van der Waals surface area contributed by atoms with E-state index >= 15 is 0 Å². The average molecular weight is 538 g/mol. The number of likely N-dealkylation sites (tertiary alicyclic amines) is 1. The number of carbonyl (C=O) groups is 2. The van der Waals surface area contributed by atoms with Crippen LogP contribution in [0.25, 0.3) is 5.76 Å². The second kappa shape index (κ2) is 15.2. The highest BCUT2D eigenvalue weighted by Gasteiger charge is 2.46. The van der Waals surface area contributed by atoms with Crippen molar-refractivity contribution >= 4 is 17.4 Å². The second-order valence-electron chi connectivity index (χ2n) is 10.0. The third-order valence-electron chi connectivity index (χ3n) is 7.39. The minimum atomic E-state index is -0.772. The van der Waals surface area contributed by atoms with Gasteiger partial charge in [0.15, 0.2) is 0 Å². The largest absolute Gasteiger partial charge is 0.507 e. The number of rotatable bonds is 16. The van der Waals surface area contributed by atoms with Crippen LogP contribution in [0.1, 0.15) is 88.3 Å². The van der Waals surface area contributed by atoms with Gasteiger partial charge < -0.3 is 24.2 Å². The first-order valence-corrected chi connectivity index (χ1v) is 14.1. The van der Waals surface area contributed by atoms with Gasteiger partial charge >= 0.3 is 0 Å². The van der Waals surface area contributed by atoms with E-state index in [0.29, 0.717) is 34.9 Å². The molecule has 1 saturated heterocycles. The van der Waals surface area contributed by atoms with Crippen molar-refractivity contribution in [1.29, 1.82) is 0 Å². The number of ether oxygens (including phenoxy) is 3. The van der Waals surface area contributed by atoms with Gasteiger partial charge in [-0.05, 0) is 42.8 Å². The van der Waals surface area contributed by atoms with Crippen molar-refractivity contribution < 1.29 is 28.9 Å². The molecule has 1 N–H and O–H groups in total. The molecule has 0 bridgehead atoms. The minimum Gasteiger partial charge on any atom is -0.507 e. The predicted octanol–water partition coefficient (Wildman–Crippen LogP) is 7.06. The van der Waals surface area contributed by atoms with Crippen molar-refractivity contribution in [2.24, 2.45) is 0 Å². The molecule has 0 aromatic heterocycles. The van der Waals surface area contributed by atoms with E-state index in [9.17, 15) is 14.7 Å². The van der Waals surface area contributed by atoms with Crippen LogP contribution in [0.4, 0.5) is 0 Å². The van der Waals surface area contributed by atoms with Crippen molar-refractivity contribution in [2.45, 2.75) is 77.2 Å². The van der Waals surface area contributed by atoms with Gasteiger partial charge in [0.25, 0.3) is 11.7 Å². The van der Waals surface area contributed by atoms with Gasteiger partial charge in [0.1, 0.15) is 23.0 Å². The number of methoxy groups -OCH3 is 3. The molecule has 1 amide bonds. The number of benzene rings is 2. The Kier molecular flexibility index (Phi) is 11.7. The summed E-state index contributed by atoms with van der Waals surface area (Å²) in [6.45, 7) is 2.65. The number of aliphatic hydroxyl groups is 1. The molecule has 1 heterocycles. The maximum atomic E-state index is 13.3. The molecule has 0 saturated carbocycles. The van der Waals surface area contributed by atoms with E-state index in [0.717, 1.165) is 19.3 Å². The maximum Gasteiger partial charge on any atom is 0.295 e. The Balaban J connectivity index is 1.83. The highest BCUT2D eigenvalue weighted by atomic mass is 16.5. The van der Waals surface area contributed by atoms with E-state index < -0.39 is 17.7 Å². The Morgan fingerprint density at radius 2 is 1.33 bits per heavy atom. The maximum absolute atomic E-state index is 13.3. The van der Waals surface area contributed by atoms with Crippen molar-refractivity contribution in [2.75, 3.05) is 27.9 Å². The zero-order chi connectivity index (χ0) is 28.2. The van der Waals surface area contributed by atoms with Crippen LogP contribution in [-0.4, -0.2) is 49.6 Å². The number of nitrogens with zero attached hydrogens (tertiary/aromatic N) is 1. The summed E-state index contributed by atoms with van der Waals surface area (Å²) in [4.78, 5) is 28.2. The first-order chi connectivity index (χ1) is 19.0. The minimum absolute atomic E-state index is 0.0562. The van der Waals surface area contributed by atoms with Gasteiger partial charge in [-0.1, -0.05) is 64.7 Å². The zero-order valence-corrected chi connectivity index (χ0v) is 23.8. The lowest BCUT2D eigenvalue weighted by molar-refractivity contribution is -0.139.